The van der Waals surface area contributed by atoms with Crippen molar-refractivity contribution in [3.8, 4) is 0 Å². The van der Waals surface area contributed by atoms with Crippen LogP contribution in [0.4, 0.5) is 0 Å². The lowest BCUT2D eigenvalue weighted by atomic mass is 10.2. The molecule has 0 aromatic carbocycles. The minimum absolute atomic E-state index is 0.557. The molecule has 0 atom stereocenters. The maximum Gasteiger partial charge on any atom is 0.137 e. The molecule has 0 aliphatic heterocycles. The van der Waals surface area contributed by atoms with Crippen molar-refractivity contribution in [2.24, 2.45) is 5.73 Å². The van der Waals surface area contributed by atoms with Crippen molar-refractivity contribution in [3.63, 3.8) is 0 Å². The minimum atomic E-state index is 0.557. The summed E-state index contributed by atoms with van der Waals surface area (Å²) in [6.45, 7) is 4.81. The van der Waals surface area contributed by atoms with E-state index in [0.29, 0.717) is 6.54 Å². The number of imidazole rings is 1. The molecule has 0 saturated carbocycles. The quantitative estimate of drug-likeness (QED) is 0.829. The van der Waals surface area contributed by atoms with Gasteiger partial charge in [0.05, 0.1) is 11.4 Å². The third-order valence-electron chi connectivity index (χ3n) is 2.70. The molecule has 0 spiro atoms. The van der Waals surface area contributed by atoms with Gasteiger partial charge in [0.15, 0.2) is 0 Å². The predicted molar refractivity (Wildman–Crippen MR) is 61.8 cm³/mol. The lowest BCUT2D eigenvalue weighted by Crippen LogP contribution is -2.05. The zero-order chi connectivity index (χ0) is 10.8. The molecule has 80 valence electrons. The third kappa shape index (κ3) is 1.63. The van der Waals surface area contributed by atoms with E-state index < -0.39 is 0 Å². The van der Waals surface area contributed by atoms with E-state index in [4.69, 9.17) is 5.73 Å². The molecule has 0 aliphatic carbocycles. The second-order valence-electron chi connectivity index (χ2n) is 3.82. The highest BCUT2D eigenvalue weighted by molar-refractivity contribution is 5.45. The van der Waals surface area contributed by atoms with Crippen molar-refractivity contribution in [2.75, 3.05) is 0 Å². The topological polar surface area (TPSA) is 43.3 Å². The lowest BCUT2D eigenvalue weighted by molar-refractivity contribution is 0.845. The predicted octanol–water partition coefficient (Wildman–Crippen LogP) is 2.05. The van der Waals surface area contributed by atoms with Crippen LogP contribution in [0.1, 0.15) is 30.4 Å². The van der Waals surface area contributed by atoms with E-state index in [1.165, 1.54) is 5.69 Å². The minimum Gasteiger partial charge on any atom is -0.325 e. The molecule has 0 aliphatic rings. The second kappa shape index (κ2) is 4.03. The first kappa shape index (κ1) is 10.2. The zero-order valence-corrected chi connectivity index (χ0v) is 9.33. The van der Waals surface area contributed by atoms with Crippen molar-refractivity contribution in [2.45, 2.75) is 33.2 Å². The van der Waals surface area contributed by atoms with Gasteiger partial charge in [-0.1, -0.05) is 19.4 Å². The standard InChI is InChI=1S/C12H17N3/c1-3-5-10-11(8-13)15-9(2)6-4-7-12(15)14-10/h4,6-7H,3,5,8,13H2,1-2H3. The van der Waals surface area contributed by atoms with Gasteiger partial charge in [0, 0.05) is 12.2 Å². The van der Waals surface area contributed by atoms with Crippen molar-refractivity contribution in [1.82, 2.24) is 9.38 Å². The smallest absolute Gasteiger partial charge is 0.137 e. The molecular weight excluding hydrogens is 186 g/mol. The van der Waals surface area contributed by atoms with Crippen molar-refractivity contribution in [1.29, 1.82) is 0 Å². The summed E-state index contributed by atoms with van der Waals surface area (Å²) in [5.41, 5.74) is 10.3. The van der Waals surface area contributed by atoms with Gasteiger partial charge in [0.25, 0.3) is 0 Å². The number of fused-ring (bicyclic) bond motifs is 1. The summed E-state index contributed by atoms with van der Waals surface area (Å²) in [6.07, 6.45) is 2.11. The first-order valence-corrected chi connectivity index (χ1v) is 5.43. The van der Waals surface area contributed by atoms with Crippen LogP contribution in [-0.2, 0) is 13.0 Å². The molecule has 0 fully saturated rings. The zero-order valence-electron chi connectivity index (χ0n) is 9.33. The Kier molecular flexibility index (Phi) is 2.73. The highest BCUT2D eigenvalue weighted by atomic mass is 15.0. The molecule has 15 heavy (non-hydrogen) atoms. The Balaban J connectivity index is 2.68. The van der Waals surface area contributed by atoms with Crippen LogP contribution in [0, 0.1) is 6.92 Å². The number of rotatable bonds is 3. The van der Waals surface area contributed by atoms with E-state index in [0.717, 1.165) is 29.9 Å². The SMILES string of the molecule is CCCc1nc2cccc(C)n2c1CN. The highest BCUT2D eigenvalue weighted by Gasteiger charge is 2.10. The number of nitrogens with two attached hydrogens (primary N) is 1. The Bertz CT molecular complexity index is 471. The van der Waals surface area contributed by atoms with Crippen LogP contribution in [0.2, 0.25) is 0 Å². The fourth-order valence-electron chi connectivity index (χ4n) is 2.02. The first-order valence-electron chi connectivity index (χ1n) is 5.43. The number of hydrogen-bond acceptors (Lipinski definition) is 2. The van der Waals surface area contributed by atoms with Gasteiger partial charge in [-0.2, -0.15) is 0 Å². The van der Waals surface area contributed by atoms with Gasteiger partial charge in [-0.15, -0.1) is 0 Å². The van der Waals surface area contributed by atoms with E-state index >= 15 is 0 Å². The molecule has 3 heteroatoms. The highest BCUT2D eigenvalue weighted by Crippen LogP contribution is 2.16. The molecule has 0 amide bonds. The largest absolute Gasteiger partial charge is 0.325 e. The molecule has 2 heterocycles. The van der Waals surface area contributed by atoms with Gasteiger partial charge >= 0.3 is 0 Å². The summed E-state index contributed by atoms with van der Waals surface area (Å²) in [6, 6.07) is 6.16. The van der Waals surface area contributed by atoms with E-state index in [2.05, 4.69) is 29.3 Å². The van der Waals surface area contributed by atoms with Gasteiger partial charge in [-0.3, -0.25) is 4.40 Å². The van der Waals surface area contributed by atoms with Gasteiger partial charge in [0.2, 0.25) is 0 Å². The number of aromatic nitrogens is 2. The maximum absolute atomic E-state index is 5.80. The van der Waals surface area contributed by atoms with Crippen molar-refractivity contribution < 1.29 is 0 Å². The van der Waals surface area contributed by atoms with Crippen molar-refractivity contribution >= 4 is 5.65 Å². The number of nitrogens with zero attached hydrogens (tertiary/aromatic N) is 2. The first-order chi connectivity index (χ1) is 7.27. The molecule has 2 rings (SSSR count). The molecule has 0 unspecified atom stereocenters. The van der Waals surface area contributed by atoms with Crippen molar-refractivity contribution in [3.05, 3.63) is 35.3 Å². The van der Waals surface area contributed by atoms with Crippen LogP contribution < -0.4 is 5.73 Å². The molecule has 0 saturated heterocycles. The Morgan fingerprint density at radius 1 is 1.40 bits per heavy atom. The van der Waals surface area contributed by atoms with Crippen LogP contribution in [0.25, 0.3) is 5.65 Å². The van der Waals surface area contributed by atoms with E-state index in [-0.39, 0.29) is 0 Å². The van der Waals surface area contributed by atoms with E-state index in [1.54, 1.807) is 0 Å². The Morgan fingerprint density at radius 2 is 2.20 bits per heavy atom. The van der Waals surface area contributed by atoms with E-state index in [1.807, 2.05) is 12.1 Å². The third-order valence-corrected chi connectivity index (χ3v) is 2.70. The van der Waals surface area contributed by atoms with Gasteiger partial charge in [-0.25, -0.2) is 4.98 Å². The Labute approximate surface area is 89.9 Å². The summed E-state index contributed by atoms with van der Waals surface area (Å²) in [5.74, 6) is 0. The van der Waals surface area contributed by atoms with E-state index in [9.17, 15) is 0 Å². The molecule has 0 bridgehead atoms. The van der Waals surface area contributed by atoms with Gasteiger partial charge in [0.1, 0.15) is 5.65 Å². The van der Waals surface area contributed by atoms with Crippen LogP contribution in [0.5, 0.6) is 0 Å². The molecular formula is C12H17N3. The van der Waals surface area contributed by atoms with Gasteiger partial charge in [-0.05, 0) is 25.5 Å². The number of hydrogen-bond donors (Lipinski definition) is 1. The molecule has 2 aromatic rings. The molecule has 2 N–H and O–H groups in total. The van der Waals surface area contributed by atoms with Crippen LogP contribution in [0.15, 0.2) is 18.2 Å². The summed E-state index contributed by atoms with van der Waals surface area (Å²) in [4.78, 5) is 4.62. The van der Waals surface area contributed by atoms with Crippen LogP contribution in [0.3, 0.4) is 0 Å². The fraction of sp³-hybridized carbons (Fsp3) is 0.417. The molecule has 2 aromatic heterocycles. The average molecular weight is 203 g/mol. The molecule has 0 radical (unpaired) electrons. The normalized spacial score (nSPS) is 11.1. The number of pyridine rings is 1. The Morgan fingerprint density at radius 3 is 2.87 bits per heavy atom. The van der Waals surface area contributed by atoms with Crippen LogP contribution in [-0.4, -0.2) is 9.38 Å². The molecule has 3 nitrogen and oxygen atoms in total. The lowest BCUT2D eigenvalue weighted by Gasteiger charge is -2.04. The monoisotopic (exact) mass is 203 g/mol. The maximum atomic E-state index is 5.80. The van der Waals surface area contributed by atoms with Gasteiger partial charge < -0.3 is 5.73 Å². The summed E-state index contributed by atoms with van der Waals surface area (Å²) in [5, 5.41) is 0. The second-order valence-corrected chi connectivity index (χ2v) is 3.82. The average Bonchev–Trinajstić information content (AvgIpc) is 2.57. The van der Waals surface area contributed by atoms with Crippen LogP contribution >= 0.6 is 0 Å². The summed E-state index contributed by atoms with van der Waals surface area (Å²) in [7, 11) is 0. The fourth-order valence-corrected chi connectivity index (χ4v) is 2.02. The summed E-state index contributed by atoms with van der Waals surface area (Å²) >= 11 is 0. The Hall–Kier alpha value is -1.35. The number of aryl methyl sites for hydroxylation is 2. The summed E-state index contributed by atoms with van der Waals surface area (Å²) < 4.78 is 2.16.